The minimum Gasteiger partial charge on any atom is -0.460 e. The fourth-order valence-corrected chi connectivity index (χ4v) is 4.16. The number of hydrogen-bond acceptors (Lipinski definition) is 4. The van der Waals surface area contributed by atoms with Crippen LogP contribution < -0.4 is 10.9 Å². The number of carbonyl (C=O) groups excluding carboxylic acids is 1. The summed E-state index contributed by atoms with van der Waals surface area (Å²) in [5.41, 5.74) is 2.59. The largest absolute Gasteiger partial charge is 0.460 e. The normalized spacial score (nSPS) is 12.5. The maximum absolute atomic E-state index is 13.2. The summed E-state index contributed by atoms with van der Waals surface area (Å²) < 4.78 is 9.77. The number of aryl methyl sites for hydroxylation is 2. The van der Waals surface area contributed by atoms with Gasteiger partial charge < -0.3 is 9.73 Å². The molecule has 0 spiro atoms. The second-order valence-electron chi connectivity index (χ2n) is 7.22. The van der Waals surface area contributed by atoms with Crippen LogP contribution in [-0.2, 0) is 17.8 Å². The number of hydrogen-bond donors (Lipinski definition) is 1. The van der Waals surface area contributed by atoms with E-state index in [2.05, 4.69) is 26.3 Å². The highest BCUT2D eigenvalue weighted by atomic mass is 79.9. The van der Waals surface area contributed by atoms with Gasteiger partial charge in [0.1, 0.15) is 23.1 Å². The van der Waals surface area contributed by atoms with Crippen molar-refractivity contribution >= 4 is 38.5 Å². The van der Waals surface area contributed by atoms with Gasteiger partial charge in [0.2, 0.25) is 5.91 Å². The Bertz CT molecular complexity index is 1300. The Balaban J connectivity index is 1.72. The average Bonchev–Trinajstić information content (AvgIpc) is 3.26. The van der Waals surface area contributed by atoms with Crippen LogP contribution >= 0.6 is 15.9 Å². The molecule has 0 aliphatic rings. The van der Waals surface area contributed by atoms with Gasteiger partial charge in [0.15, 0.2) is 5.58 Å². The van der Waals surface area contributed by atoms with E-state index in [-0.39, 0.29) is 11.5 Å². The first kappa shape index (κ1) is 20.4. The molecule has 0 radical (unpaired) electrons. The lowest BCUT2D eigenvalue weighted by Gasteiger charge is -2.18. The van der Waals surface area contributed by atoms with Gasteiger partial charge >= 0.3 is 0 Å². The van der Waals surface area contributed by atoms with E-state index in [0.29, 0.717) is 36.3 Å². The van der Waals surface area contributed by atoms with E-state index in [1.54, 1.807) is 6.07 Å². The Kier molecular flexibility index (Phi) is 5.51. The number of furan rings is 1. The number of fused-ring (bicyclic) bond motifs is 3. The van der Waals surface area contributed by atoms with Gasteiger partial charge in [-0.25, -0.2) is 4.68 Å². The Morgan fingerprint density at radius 1 is 1.23 bits per heavy atom. The molecule has 0 fully saturated rings. The van der Waals surface area contributed by atoms with Crippen molar-refractivity contribution < 1.29 is 9.21 Å². The lowest BCUT2D eigenvalue weighted by Crippen LogP contribution is -2.39. The summed E-state index contributed by atoms with van der Waals surface area (Å²) in [6.07, 6.45) is 1.06. The maximum Gasteiger partial charge on any atom is 0.291 e. The van der Waals surface area contributed by atoms with Crippen molar-refractivity contribution in [3.8, 4) is 0 Å². The van der Waals surface area contributed by atoms with Gasteiger partial charge in [-0.3, -0.25) is 14.0 Å². The predicted molar refractivity (Wildman–Crippen MR) is 119 cm³/mol. The van der Waals surface area contributed by atoms with Crippen molar-refractivity contribution in [2.24, 2.45) is 0 Å². The minimum atomic E-state index is -0.696. The topological polar surface area (TPSA) is 81.5 Å². The molecule has 4 aromatic rings. The number of rotatable bonds is 6. The van der Waals surface area contributed by atoms with Crippen LogP contribution in [0.4, 0.5) is 0 Å². The van der Waals surface area contributed by atoms with Gasteiger partial charge in [0.25, 0.3) is 5.56 Å². The number of amides is 1. The van der Waals surface area contributed by atoms with Crippen LogP contribution in [0.1, 0.15) is 43.5 Å². The molecular weight excluding hydrogens is 448 g/mol. The van der Waals surface area contributed by atoms with E-state index < -0.39 is 6.04 Å². The Labute approximate surface area is 181 Å². The lowest BCUT2D eigenvalue weighted by atomic mass is 10.2. The van der Waals surface area contributed by atoms with Gasteiger partial charge in [-0.15, -0.1) is 0 Å². The third-order valence-corrected chi connectivity index (χ3v) is 6.01. The number of carbonyl (C=O) groups is 1. The number of nitrogens with zero attached hydrogens (tertiary/aromatic N) is 3. The summed E-state index contributed by atoms with van der Waals surface area (Å²) in [5, 5.41) is 7.51. The molecule has 3 aromatic heterocycles. The molecule has 7 nitrogen and oxygen atoms in total. The fourth-order valence-electron chi connectivity index (χ4n) is 3.73. The zero-order valence-corrected chi connectivity index (χ0v) is 18.7. The number of benzene rings is 1. The van der Waals surface area contributed by atoms with E-state index in [1.807, 2.05) is 55.5 Å². The molecule has 8 heteroatoms. The number of aromatic nitrogens is 3. The molecule has 1 aromatic carbocycles. The quantitative estimate of drug-likeness (QED) is 0.458. The van der Waals surface area contributed by atoms with Crippen molar-refractivity contribution in [1.82, 2.24) is 19.5 Å². The van der Waals surface area contributed by atoms with Gasteiger partial charge in [-0.2, -0.15) is 5.10 Å². The summed E-state index contributed by atoms with van der Waals surface area (Å²) in [7, 11) is 0. The average molecular weight is 471 g/mol. The van der Waals surface area contributed by atoms with E-state index in [1.165, 1.54) is 4.68 Å². The molecular formula is C22H23BrN4O3. The maximum atomic E-state index is 13.2. The smallest absolute Gasteiger partial charge is 0.291 e. The zero-order valence-electron chi connectivity index (χ0n) is 17.1. The Morgan fingerprint density at radius 3 is 2.70 bits per heavy atom. The zero-order chi connectivity index (χ0) is 21.4. The molecule has 3 heterocycles. The minimum absolute atomic E-state index is 0.236. The van der Waals surface area contributed by atoms with Crippen molar-refractivity contribution in [2.75, 3.05) is 0 Å². The van der Waals surface area contributed by atoms with Gasteiger partial charge in [0, 0.05) is 29.6 Å². The summed E-state index contributed by atoms with van der Waals surface area (Å²) in [5.74, 6) is 1.25. The third-order valence-electron chi connectivity index (χ3n) is 5.23. The molecule has 0 aliphatic heterocycles. The second kappa shape index (κ2) is 8.10. The first-order valence-corrected chi connectivity index (χ1v) is 10.8. The van der Waals surface area contributed by atoms with Gasteiger partial charge in [-0.1, -0.05) is 48.0 Å². The van der Waals surface area contributed by atoms with Crippen LogP contribution in [0, 0.1) is 6.92 Å². The first-order valence-electron chi connectivity index (χ1n) is 9.99. The van der Waals surface area contributed by atoms with Crippen LogP contribution in [0.2, 0.25) is 0 Å². The van der Waals surface area contributed by atoms with Crippen LogP contribution in [0.15, 0.2) is 50.1 Å². The Hall–Kier alpha value is -2.87. The SMILES string of the molecule is CCc1nn([C@@H](CC)C(=O)NCc2ccccc2Br)c(=O)c2cc3oc(C)cc3n12. The summed E-state index contributed by atoms with van der Waals surface area (Å²) in [6.45, 7) is 6.09. The van der Waals surface area contributed by atoms with Crippen molar-refractivity contribution in [3.63, 3.8) is 0 Å². The highest BCUT2D eigenvalue weighted by molar-refractivity contribution is 9.10. The molecule has 4 rings (SSSR count). The third kappa shape index (κ3) is 3.45. The van der Waals surface area contributed by atoms with Crippen molar-refractivity contribution in [2.45, 2.75) is 46.2 Å². The molecule has 0 bridgehead atoms. The molecule has 1 N–H and O–H groups in total. The van der Waals surface area contributed by atoms with Gasteiger partial charge in [-0.05, 0) is 25.0 Å². The molecule has 0 unspecified atom stereocenters. The van der Waals surface area contributed by atoms with Crippen molar-refractivity contribution in [1.29, 1.82) is 0 Å². The molecule has 0 aliphatic carbocycles. The molecule has 0 saturated heterocycles. The van der Waals surface area contributed by atoms with Crippen LogP contribution in [-0.4, -0.2) is 20.1 Å². The molecule has 1 amide bonds. The van der Waals surface area contributed by atoms with Crippen LogP contribution in [0.5, 0.6) is 0 Å². The van der Waals surface area contributed by atoms with E-state index in [9.17, 15) is 9.59 Å². The monoisotopic (exact) mass is 470 g/mol. The van der Waals surface area contributed by atoms with Crippen molar-refractivity contribution in [3.05, 3.63) is 68.4 Å². The van der Waals surface area contributed by atoms with E-state index in [4.69, 9.17) is 4.42 Å². The standard InChI is InChI=1S/C22H23BrN4O3/c1-4-16(21(28)24-12-14-8-6-7-9-15(14)23)27-22(29)18-11-19-17(10-13(3)30-19)26(18)20(5-2)25-27/h6-11,16H,4-5,12H2,1-3H3,(H,24,28)/t16-/m0/s1. The number of halogens is 1. The Morgan fingerprint density at radius 2 is 2.00 bits per heavy atom. The highest BCUT2D eigenvalue weighted by Gasteiger charge is 2.24. The van der Waals surface area contributed by atoms with E-state index >= 15 is 0 Å². The van der Waals surface area contributed by atoms with Gasteiger partial charge in [0.05, 0.1) is 5.52 Å². The van der Waals surface area contributed by atoms with Crippen LogP contribution in [0.25, 0.3) is 16.6 Å². The first-order chi connectivity index (χ1) is 14.4. The predicted octanol–water partition coefficient (Wildman–Crippen LogP) is 4.14. The highest BCUT2D eigenvalue weighted by Crippen LogP contribution is 2.24. The summed E-state index contributed by atoms with van der Waals surface area (Å²) in [4.78, 5) is 26.2. The molecule has 30 heavy (non-hydrogen) atoms. The summed E-state index contributed by atoms with van der Waals surface area (Å²) in [6, 6.07) is 10.6. The fraction of sp³-hybridized carbons (Fsp3) is 0.318. The summed E-state index contributed by atoms with van der Waals surface area (Å²) >= 11 is 3.49. The second-order valence-corrected chi connectivity index (χ2v) is 8.08. The molecule has 156 valence electrons. The van der Waals surface area contributed by atoms with E-state index in [0.717, 1.165) is 21.3 Å². The number of nitrogens with one attached hydrogen (secondary N) is 1. The molecule has 1 atom stereocenters. The lowest BCUT2D eigenvalue weighted by molar-refractivity contribution is -0.125. The van der Waals surface area contributed by atoms with Crippen LogP contribution in [0.3, 0.4) is 0 Å². The molecule has 0 saturated carbocycles.